The van der Waals surface area contributed by atoms with Crippen molar-refractivity contribution in [2.75, 3.05) is 6.26 Å². The summed E-state index contributed by atoms with van der Waals surface area (Å²) in [5.74, 6) is 6.23. The molecule has 2 aromatic rings. The van der Waals surface area contributed by atoms with E-state index in [1.54, 1.807) is 18.0 Å². The van der Waals surface area contributed by atoms with E-state index in [1.165, 1.54) is 4.90 Å². The van der Waals surface area contributed by atoms with E-state index in [9.17, 15) is 0 Å². The Morgan fingerprint density at radius 1 is 1.06 bits per heavy atom. The summed E-state index contributed by atoms with van der Waals surface area (Å²) >= 11 is 1.73. The predicted octanol–water partition coefficient (Wildman–Crippen LogP) is 3.51. The van der Waals surface area contributed by atoms with E-state index in [2.05, 4.69) is 35.2 Å². The highest BCUT2D eigenvalue weighted by Gasteiger charge is 1.93. The second kappa shape index (κ2) is 5.56. The van der Waals surface area contributed by atoms with Gasteiger partial charge >= 0.3 is 0 Å². The van der Waals surface area contributed by atoms with Crippen molar-refractivity contribution >= 4 is 11.8 Å². The van der Waals surface area contributed by atoms with Gasteiger partial charge in [-0.3, -0.25) is 0 Å². The third-order valence-electron chi connectivity index (χ3n) is 2.42. The molecule has 0 saturated heterocycles. The first-order chi connectivity index (χ1) is 8.29. The summed E-state index contributed by atoms with van der Waals surface area (Å²) in [6, 6.07) is 12.2. The van der Waals surface area contributed by atoms with Crippen molar-refractivity contribution < 1.29 is 0 Å². The molecular formula is C15H13NS. The van der Waals surface area contributed by atoms with Crippen LogP contribution in [0, 0.1) is 18.8 Å². The Balaban J connectivity index is 2.24. The van der Waals surface area contributed by atoms with Crippen LogP contribution >= 0.6 is 11.8 Å². The minimum absolute atomic E-state index is 0.849. The molecule has 0 radical (unpaired) electrons. The summed E-state index contributed by atoms with van der Waals surface area (Å²) in [5, 5.41) is 0. The zero-order valence-corrected chi connectivity index (χ0v) is 10.7. The molecule has 0 aliphatic rings. The summed E-state index contributed by atoms with van der Waals surface area (Å²) < 4.78 is 0. The zero-order valence-electron chi connectivity index (χ0n) is 9.90. The molecule has 0 N–H and O–H groups in total. The molecule has 17 heavy (non-hydrogen) atoms. The molecule has 0 aliphatic heterocycles. The summed E-state index contributed by atoms with van der Waals surface area (Å²) in [7, 11) is 0. The zero-order chi connectivity index (χ0) is 12.1. The maximum absolute atomic E-state index is 4.25. The highest BCUT2D eigenvalue weighted by Crippen LogP contribution is 2.14. The molecule has 84 valence electrons. The molecule has 0 bridgehead atoms. The molecular weight excluding hydrogens is 226 g/mol. The molecule has 1 nitrogen and oxygen atoms in total. The second-order valence-electron chi connectivity index (χ2n) is 3.65. The van der Waals surface area contributed by atoms with Gasteiger partial charge in [0.15, 0.2) is 0 Å². The van der Waals surface area contributed by atoms with Gasteiger partial charge in [0.05, 0.1) is 0 Å². The highest BCUT2D eigenvalue weighted by molar-refractivity contribution is 7.98. The topological polar surface area (TPSA) is 12.9 Å². The Bertz CT molecular complexity index is 561. The fraction of sp³-hybridized carbons (Fsp3) is 0.133. The van der Waals surface area contributed by atoms with Crippen LogP contribution in [0.3, 0.4) is 0 Å². The molecule has 0 unspecified atom stereocenters. The number of rotatable bonds is 1. The normalized spacial score (nSPS) is 9.53. The van der Waals surface area contributed by atoms with Crippen LogP contribution in [0.25, 0.3) is 0 Å². The van der Waals surface area contributed by atoms with Crippen LogP contribution in [0.15, 0.2) is 47.5 Å². The van der Waals surface area contributed by atoms with Gasteiger partial charge in [-0.15, -0.1) is 11.8 Å². The second-order valence-corrected chi connectivity index (χ2v) is 4.53. The lowest BCUT2D eigenvalue weighted by Crippen LogP contribution is -1.85. The van der Waals surface area contributed by atoms with E-state index in [-0.39, 0.29) is 0 Å². The monoisotopic (exact) mass is 239 g/mol. The highest BCUT2D eigenvalue weighted by atomic mass is 32.2. The lowest BCUT2D eigenvalue weighted by atomic mass is 10.2. The van der Waals surface area contributed by atoms with Gasteiger partial charge in [0, 0.05) is 16.7 Å². The van der Waals surface area contributed by atoms with Gasteiger partial charge in [-0.05, 0) is 55.0 Å². The fourth-order valence-corrected chi connectivity index (χ4v) is 1.83. The van der Waals surface area contributed by atoms with Crippen LogP contribution < -0.4 is 0 Å². The Labute approximate surface area is 106 Å². The number of pyridine rings is 1. The predicted molar refractivity (Wildman–Crippen MR) is 73.2 cm³/mol. The first kappa shape index (κ1) is 11.8. The number of hydrogen-bond acceptors (Lipinski definition) is 2. The van der Waals surface area contributed by atoms with Crippen LogP contribution in [0.4, 0.5) is 0 Å². The fourth-order valence-electron chi connectivity index (χ4n) is 1.42. The third-order valence-corrected chi connectivity index (χ3v) is 3.17. The minimum Gasteiger partial charge on any atom is -0.248 e. The van der Waals surface area contributed by atoms with Crippen LogP contribution in [0.5, 0.6) is 0 Å². The number of benzene rings is 1. The van der Waals surface area contributed by atoms with Crippen molar-refractivity contribution in [2.24, 2.45) is 0 Å². The van der Waals surface area contributed by atoms with Gasteiger partial charge in [0.2, 0.25) is 0 Å². The number of thioether (sulfide) groups is 1. The number of aryl methyl sites for hydroxylation is 1. The Morgan fingerprint density at radius 3 is 2.47 bits per heavy atom. The standard InChI is InChI=1S/C15H13NS/c1-12-4-3-11-16-15(12)10-7-13-5-8-14(17-2)9-6-13/h3-6,8-9,11H,1-2H3. The average molecular weight is 239 g/mol. The molecule has 0 atom stereocenters. The van der Waals surface area contributed by atoms with E-state index in [1.807, 2.05) is 31.2 Å². The molecule has 1 heterocycles. The first-order valence-electron chi connectivity index (χ1n) is 5.37. The van der Waals surface area contributed by atoms with Crippen LogP contribution in [-0.4, -0.2) is 11.2 Å². The largest absolute Gasteiger partial charge is 0.248 e. The van der Waals surface area contributed by atoms with E-state index < -0.39 is 0 Å². The molecule has 0 amide bonds. The van der Waals surface area contributed by atoms with Crippen molar-refractivity contribution in [3.8, 4) is 11.8 Å². The van der Waals surface area contributed by atoms with Crippen LogP contribution in [-0.2, 0) is 0 Å². The van der Waals surface area contributed by atoms with Crippen molar-refractivity contribution in [1.82, 2.24) is 4.98 Å². The SMILES string of the molecule is CSc1ccc(C#Cc2ncccc2C)cc1. The molecule has 2 rings (SSSR count). The van der Waals surface area contributed by atoms with E-state index in [4.69, 9.17) is 0 Å². The van der Waals surface area contributed by atoms with Crippen LogP contribution in [0.1, 0.15) is 16.8 Å². The van der Waals surface area contributed by atoms with Crippen molar-refractivity contribution in [2.45, 2.75) is 11.8 Å². The first-order valence-corrected chi connectivity index (χ1v) is 6.60. The molecule has 1 aromatic carbocycles. The summed E-state index contributed by atoms with van der Waals surface area (Å²) in [6.45, 7) is 2.02. The van der Waals surface area contributed by atoms with E-state index in [0.717, 1.165) is 16.8 Å². The summed E-state index contributed by atoms with van der Waals surface area (Å²) in [5.41, 5.74) is 2.98. The number of aromatic nitrogens is 1. The lowest BCUT2D eigenvalue weighted by molar-refractivity contribution is 1.23. The van der Waals surface area contributed by atoms with Crippen molar-refractivity contribution in [3.05, 3.63) is 59.4 Å². The Hall–Kier alpha value is -1.72. The van der Waals surface area contributed by atoms with Gasteiger partial charge in [-0.25, -0.2) is 4.98 Å². The lowest BCUT2D eigenvalue weighted by Gasteiger charge is -1.96. The average Bonchev–Trinajstić information content (AvgIpc) is 2.38. The summed E-state index contributed by atoms with van der Waals surface area (Å²) in [6.07, 6.45) is 3.84. The third kappa shape index (κ3) is 3.12. The number of hydrogen-bond donors (Lipinski definition) is 0. The number of nitrogens with zero attached hydrogens (tertiary/aromatic N) is 1. The van der Waals surface area contributed by atoms with Gasteiger partial charge in [-0.2, -0.15) is 0 Å². The van der Waals surface area contributed by atoms with Crippen molar-refractivity contribution in [3.63, 3.8) is 0 Å². The quantitative estimate of drug-likeness (QED) is 0.558. The molecule has 1 aromatic heterocycles. The van der Waals surface area contributed by atoms with E-state index >= 15 is 0 Å². The van der Waals surface area contributed by atoms with Gasteiger partial charge < -0.3 is 0 Å². The Morgan fingerprint density at radius 2 is 1.82 bits per heavy atom. The minimum atomic E-state index is 0.849. The van der Waals surface area contributed by atoms with Crippen molar-refractivity contribution in [1.29, 1.82) is 0 Å². The maximum atomic E-state index is 4.25. The molecule has 0 spiro atoms. The Kier molecular flexibility index (Phi) is 3.85. The molecule has 0 saturated carbocycles. The molecule has 0 aliphatic carbocycles. The summed E-state index contributed by atoms with van der Waals surface area (Å²) in [4.78, 5) is 5.50. The maximum Gasteiger partial charge on any atom is 0.116 e. The van der Waals surface area contributed by atoms with Gasteiger partial charge in [-0.1, -0.05) is 12.0 Å². The smallest absolute Gasteiger partial charge is 0.116 e. The van der Waals surface area contributed by atoms with Gasteiger partial charge in [0.25, 0.3) is 0 Å². The van der Waals surface area contributed by atoms with E-state index in [0.29, 0.717) is 0 Å². The van der Waals surface area contributed by atoms with Crippen LogP contribution in [0.2, 0.25) is 0 Å². The molecule has 2 heteroatoms. The molecule has 0 fully saturated rings. The van der Waals surface area contributed by atoms with Gasteiger partial charge in [0.1, 0.15) is 5.69 Å².